The summed E-state index contributed by atoms with van der Waals surface area (Å²) in [7, 11) is 1.84. The number of nitrogens with one attached hydrogen (secondary N) is 1. The van der Waals surface area contributed by atoms with Crippen LogP contribution in [0, 0.1) is 0 Å². The van der Waals surface area contributed by atoms with Crippen molar-refractivity contribution in [3.63, 3.8) is 0 Å². The highest BCUT2D eigenvalue weighted by Gasteiger charge is 2.08. The molecule has 0 spiro atoms. The SMILES string of the molecule is Cn1cc2ccc(C(=O)Nc3cccc(O)c3)cc2n1. The highest BCUT2D eigenvalue weighted by Crippen LogP contribution is 2.18. The molecule has 1 aromatic heterocycles. The zero-order valence-corrected chi connectivity index (χ0v) is 10.9. The van der Waals surface area contributed by atoms with Gasteiger partial charge in [0, 0.05) is 35.9 Å². The summed E-state index contributed by atoms with van der Waals surface area (Å²) in [5, 5.41) is 17.4. The van der Waals surface area contributed by atoms with E-state index in [9.17, 15) is 9.90 Å². The van der Waals surface area contributed by atoms with Gasteiger partial charge in [-0.1, -0.05) is 12.1 Å². The first-order valence-electron chi connectivity index (χ1n) is 6.15. The van der Waals surface area contributed by atoms with Crippen molar-refractivity contribution in [2.45, 2.75) is 0 Å². The van der Waals surface area contributed by atoms with Crippen LogP contribution in [-0.2, 0) is 7.05 Å². The summed E-state index contributed by atoms with van der Waals surface area (Å²) in [5.41, 5.74) is 1.85. The summed E-state index contributed by atoms with van der Waals surface area (Å²) in [6.45, 7) is 0. The molecular weight excluding hydrogens is 254 g/mol. The Morgan fingerprint density at radius 2 is 2.10 bits per heavy atom. The van der Waals surface area contributed by atoms with Gasteiger partial charge in [0.15, 0.2) is 0 Å². The maximum absolute atomic E-state index is 12.1. The Hall–Kier alpha value is -2.82. The van der Waals surface area contributed by atoms with Crippen LogP contribution in [0.3, 0.4) is 0 Å². The fraction of sp³-hybridized carbons (Fsp3) is 0.0667. The van der Waals surface area contributed by atoms with Gasteiger partial charge in [0.2, 0.25) is 0 Å². The van der Waals surface area contributed by atoms with E-state index in [1.807, 2.05) is 19.3 Å². The van der Waals surface area contributed by atoms with E-state index in [0.717, 1.165) is 10.9 Å². The van der Waals surface area contributed by atoms with Crippen LogP contribution in [0.5, 0.6) is 5.75 Å². The molecule has 5 heteroatoms. The van der Waals surface area contributed by atoms with Gasteiger partial charge >= 0.3 is 0 Å². The average molecular weight is 267 g/mol. The Labute approximate surface area is 115 Å². The fourth-order valence-corrected chi connectivity index (χ4v) is 2.07. The van der Waals surface area contributed by atoms with Crippen molar-refractivity contribution in [1.29, 1.82) is 0 Å². The number of aryl methyl sites for hydroxylation is 1. The third kappa shape index (κ3) is 2.33. The van der Waals surface area contributed by atoms with E-state index < -0.39 is 0 Å². The first-order chi connectivity index (χ1) is 9.61. The van der Waals surface area contributed by atoms with Gasteiger partial charge in [-0.3, -0.25) is 9.48 Å². The second-order valence-corrected chi connectivity index (χ2v) is 4.58. The molecule has 0 unspecified atom stereocenters. The number of hydrogen-bond donors (Lipinski definition) is 2. The predicted octanol–water partition coefficient (Wildman–Crippen LogP) is 2.53. The second kappa shape index (κ2) is 4.70. The number of carbonyl (C=O) groups excluding carboxylic acids is 1. The Bertz CT molecular complexity index is 793. The Kier molecular flexibility index (Phi) is 2.87. The first kappa shape index (κ1) is 12.2. The molecule has 0 saturated heterocycles. The lowest BCUT2D eigenvalue weighted by Crippen LogP contribution is -2.11. The van der Waals surface area contributed by atoms with Crippen LogP contribution >= 0.6 is 0 Å². The van der Waals surface area contributed by atoms with Gasteiger partial charge in [-0.05, 0) is 24.3 Å². The van der Waals surface area contributed by atoms with Crippen molar-refractivity contribution < 1.29 is 9.90 Å². The summed E-state index contributed by atoms with van der Waals surface area (Å²) < 4.78 is 1.71. The minimum atomic E-state index is -0.233. The predicted molar refractivity (Wildman–Crippen MR) is 76.8 cm³/mol. The summed E-state index contributed by atoms with van der Waals surface area (Å²) in [6, 6.07) is 11.8. The maximum atomic E-state index is 12.1. The quantitative estimate of drug-likeness (QED) is 0.749. The third-order valence-corrected chi connectivity index (χ3v) is 2.99. The molecule has 5 nitrogen and oxygen atoms in total. The molecule has 0 aliphatic rings. The maximum Gasteiger partial charge on any atom is 0.255 e. The van der Waals surface area contributed by atoms with Crippen molar-refractivity contribution in [3.8, 4) is 5.75 Å². The molecule has 1 heterocycles. The Balaban J connectivity index is 1.88. The van der Waals surface area contributed by atoms with Crippen LogP contribution < -0.4 is 5.32 Å². The van der Waals surface area contributed by atoms with Crippen molar-refractivity contribution >= 4 is 22.5 Å². The number of hydrogen-bond acceptors (Lipinski definition) is 3. The van der Waals surface area contributed by atoms with E-state index in [1.54, 1.807) is 35.0 Å². The minimum absolute atomic E-state index is 0.114. The number of nitrogens with zero attached hydrogens (tertiary/aromatic N) is 2. The van der Waals surface area contributed by atoms with Gasteiger partial charge in [0.05, 0.1) is 5.52 Å². The molecule has 1 amide bonds. The van der Waals surface area contributed by atoms with Crippen LogP contribution in [0.4, 0.5) is 5.69 Å². The number of phenolic OH excluding ortho intramolecular Hbond substituents is 1. The lowest BCUT2D eigenvalue weighted by atomic mass is 10.1. The third-order valence-electron chi connectivity index (χ3n) is 2.99. The molecule has 3 rings (SSSR count). The van der Waals surface area contributed by atoms with Crippen LogP contribution in [0.2, 0.25) is 0 Å². The molecule has 2 aromatic carbocycles. The molecule has 20 heavy (non-hydrogen) atoms. The minimum Gasteiger partial charge on any atom is -0.508 e. The summed E-state index contributed by atoms with van der Waals surface area (Å²) >= 11 is 0. The van der Waals surface area contributed by atoms with E-state index in [-0.39, 0.29) is 11.7 Å². The van der Waals surface area contributed by atoms with Gasteiger partial charge in [-0.25, -0.2) is 0 Å². The van der Waals surface area contributed by atoms with Crippen molar-refractivity contribution in [3.05, 3.63) is 54.2 Å². The molecule has 0 aliphatic heterocycles. The topological polar surface area (TPSA) is 67.2 Å². The average Bonchev–Trinajstić information content (AvgIpc) is 2.77. The van der Waals surface area contributed by atoms with E-state index in [4.69, 9.17) is 0 Å². The molecule has 0 saturated carbocycles. The number of phenols is 1. The van der Waals surface area contributed by atoms with E-state index in [0.29, 0.717) is 11.3 Å². The lowest BCUT2D eigenvalue weighted by molar-refractivity contribution is 0.102. The molecular formula is C15H13N3O2. The van der Waals surface area contributed by atoms with Crippen LogP contribution in [0.25, 0.3) is 10.9 Å². The van der Waals surface area contributed by atoms with Crippen LogP contribution in [0.15, 0.2) is 48.7 Å². The number of benzene rings is 2. The van der Waals surface area contributed by atoms with E-state index >= 15 is 0 Å². The lowest BCUT2D eigenvalue weighted by Gasteiger charge is -2.05. The van der Waals surface area contributed by atoms with Gasteiger partial charge in [0.1, 0.15) is 5.75 Å². The number of rotatable bonds is 2. The Morgan fingerprint density at radius 3 is 2.90 bits per heavy atom. The second-order valence-electron chi connectivity index (χ2n) is 4.58. The standard InChI is InChI=1S/C15H13N3O2/c1-18-9-11-6-5-10(7-14(11)17-18)15(20)16-12-3-2-4-13(19)8-12/h2-9,19H,1H3,(H,16,20). The van der Waals surface area contributed by atoms with Gasteiger partial charge < -0.3 is 10.4 Å². The van der Waals surface area contributed by atoms with Gasteiger partial charge in [-0.15, -0.1) is 0 Å². The van der Waals surface area contributed by atoms with E-state index in [2.05, 4.69) is 10.4 Å². The fourth-order valence-electron chi connectivity index (χ4n) is 2.07. The highest BCUT2D eigenvalue weighted by atomic mass is 16.3. The van der Waals surface area contributed by atoms with Crippen LogP contribution in [-0.4, -0.2) is 20.8 Å². The van der Waals surface area contributed by atoms with Crippen LogP contribution in [0.1, 0.15) is 10.4 Å². The molecule has 0 radical (unpaired) electrons. The molecule has 0 atom stereocenters. The number of aromatic hydroxyl groups is 1. The van der Waals surface area contributed by atoms with Gasteiger partial charge in [-0.2, -0.15) is 5.10 Å². The molecule has 0 bridgehead atoms. The zero-order chi connectivity index (χ0) is 14.1. The highest BCUT2D eigenvalue weighted by molar-refractivity contribution is 6.06. The number of fused-ring (bicyclic) bond motifs is 1. The first-order valence-corrected chi connectivity index (χ1v) is 6.15. The van der Waals surface area contributed by atoms with E-state index in [1.165, 1.54) is 6.07 Å². The Morgan fingerprint density at radius 1 is 1.25 bits per heavy atom. The smallest absolute Gasteiger partial charge is 0.255 e. The normalized spacial score (nSPS) is 10.7. The number of aromatic nitrogens is 2. The molecule has 0 fully saturated rings. The van der Waals surface area contributed by atoms with Crippen molar-refractivity contribution in [1.82, 2.24) is 9.78 Å². The molecule has 3 aromatic rings. The summed E-state index contributed by atoms with van der Waals surface area (Å²) in [5.74, 6) is -0.119. The molecule has 100 valence electrons. The van der Waals surface area contributed by atoms with Crippen molar-refractivity contribution in [2.75, 3.05) is 5.32 Å². The molecule has 0 aliphatic carbocycles. The summed E-state index contributed by atoms with van der Waals surface area (Å²) in [6.07, 6.45) is 1.90. The summed E-state index contributed by atoms with van der Waals surface area (Å²) in [4.78, 5) is 12.1. The van der Waals surface area contributed by atoms with Gasteiger partial charge in [0.25, 0.3) is 5.91 Å². The van der Waals surface area contributed by atoms with Crippen molar-refractivity contribution in [2.24, 2.45) is 7.05 Å². The number of carbonyl (C=O) groups is 1. The number of amides is 1. The zero-order valence-electron chi connectivity index (χ0n) is 10.9. The monoisotopic (exact) mass is 267 g/mol. The largest absolute Gasteiger partial charge is 0.508 e. The number of anilines is 1. The molecule has 2 N–H and O–H groups in total.